The van der Waals surface area contributed by atoms with Crippen LogP contribution in [0.3, 0.4) is 0 Å². The Kier molecular flexibility index (Phi) is 43.3. The summed E-state index contributed by atoms with van der Waals surface area (Å²) in [6.45, 7) is 21.4. The molecule has 772 valence electrons. The summed E-state index contributed by atoms with van der Waals surface area (Å²) < 4.78 is 127. The molecule has 6 aliphatic rings. The molecule has 0 aliphatic carbocycles. The number of rotatable bonds is 30. The number of carbonyl (C=O) groups excluding carboxylic acids is 10. The molecule has 2 aromatic carbocycles. The van der Waals surface area contributed by atoms with Crippen molar-refractivity contribution in [2.45, 2.75) is 276 Å². The number of aliphatic hydroxyl groups is 2. The SMILES string of the molecule is COc1cc2cc(c1Cl)N(C)C(=O)CC(OC(=O)C(C)N(C)C(=O)CCC(C)(C)S)C1(C)OC1C(C)C1CC(O)(NC(=O)O1)C(OC)/C=C/C=C(\C)C2.COc1cc2cc(c1Cl)N(C)C(=O)CC(OC(=O)C(C)N(C)C(=O)CCC(C)(C)SSCCC(C(=O)NN)S(=O)(=O)O)C1(C)OC1C(C)C1CC(O)(NC(=O)O1)C(OC)/C=C/C=C(\C)C2.NNC(=O)C(CCSSc1ccccn1)S(=O)(=O)O.[2H]C. The van der Waals surface area contributed by atoms with Crippen molar-refractivity contribution in [3.63, 3.8) is 0 Å². The molecule has 39 nitrogen and oxygen atoms in total. The zero-order valence-electron chi connectivity index (χ0n) is 82.2. The largest absolute Gasteiger partial charge is 0.495 e. The first-order valence-electron chi connectivity index (χ1n) is 44.7. The van der Waals surface area contributed by atoms with Crippen molar-refractivity contribution in [2.75, 3.05) is 77.9 Å². The van der Waals surface area contributed by atoms with E-state index < -0.39 is 179 Å². The number of alkyl carbamates (subject to hydrolysis) is 2. The van der Waals surface area contributed by atoms with E-state index in [4.69, 9.17) is 88.2 Å². The molecule has 12 N–H and O–H groups in total. The number of nitrogens with two attached hydrogens (primary N) is 2. The van der Waals surface area contributed by atoms with Crippen LogP contribution in [0.4, 0.5) is 21.0 Å². The lowest BCUT2D eigenvalue weighted by Gasteiger charge is -2.42. The molecule has 48 heteroatoms. The van der Waals surface area contributed by atoms with Gasteiger partial charge in [0.25, 0.3) is 32.1 Å². The number of ether oxygens (including phenoxy) is 10. The molecule has 0 radical (unpaired) electrons. The fraction of sp³-hybridized carbons (Fsp3) is 0.611. The second-order valence-electron chi connectivity index (χ2n) is 36.0. The van der Waals surface area contributed by atoms with Crippen LogP contribution in [0.25, 0.3) is 0 Å². The highest BCUT2D eigenvalue weighted by Gasteiger charge is 2.66. The third-order valence-corrected chi connectivity index (χ3v) is 33.5. The van der Waals surface area contributed by atoms with E-state index in [1.54, 1.807) is 120 Å². The molecule has 1 aromatic heterocycles. The number of esters is 2. The van der Waals surface area contributed by atoms with Crippen molar-refractivity contribution in [1.82, 2.24) is 36.3 Å². The smallest absolute Gasteiger partial charge is 0.409 e. The molecule has 9 rings (SSSR count). The van der Waals surface area contributed by atoms with Crippen molar-refractivity contribution in [1.29, 1.82) is 0 Å². The molecule has 6 aliphatic heterocycles. The lowest BCUT2D eigenvalue weighted by molar-refractivity contribution is -0.162. The standard InChI is InChI=1S/C42H62ClN5O14S3.C38H54ClN3O10S.C9H13N3O4S3.CH4/c1-23-12-11-13-31(59-10)42(54)22-29(60-39(53)45-42)24(2)36-41(6,62-36)32(21-34(50)48(8)27-19-26(18-23)20-28(58-9)35(27)43)61-38(52)25(3)47(7)33(49)14-16-40(4,5)64-63-17-15-30(37(51)46-44)65(55,56)57;1-21-12-11-13-28(49-10)38(47)20-27(50-35(46)40-38)22(2)33-37(6,52-33)29(51-34(45)23(3)41(7)30(43)14-15-36(4,5)53)19-31(44)42(8)25-17-24(16-21)18-26(48-9)32(25)39;10-12-9(13)7(19(14,15)16)4-6-17-18-8-3-1-2-5-11-8;/h11-13,19-20,24-25,29-32,36,54H,14-18,21-22,44H2,1-10H3,(H,45,53)(H,46,51)(H,55,56,57);11-13,17-18,22-23,27-29,33,47,53H,14-16,19-20H2,1-10H3,(H,40,46);1-3,5,7H,4,6,10H2,(H,12,13)(H,14,15,16);1H4/b13-11+,23-12+;13-11+,21-12+;;/i;;;1D. The number of carbonyl (C=O) groups is 10. The van der Waals surface area contributed by atoms with Gasteiger partial charge in [-0.3, -0.25) is 59.4 Å². The number of methoxy groups -OCH3 is 4. The van der Waals surface area contributed by atoms with E-state index in [0.29, 0.717) is 54.3 Å². The van der Waals surface area contributed by atoms with Crippen molar-refractivity contribution in [3.05, 3.63) is 117 Å². The lowest BCUT2D eigenvalue weighted by atomic mass is 9.83. The maximum atomic E-state index is 14.3. The van der Waals surface area contributed by atoms with Gasteiger partial charge in [0.05, 0.1) is 50.6 Å². The predicted molar refractivity (Wildman–Crippen MR) is 531 cm³/mol. The molecule has 8 bridgehead atoms. The topological polar surface area (TPSA) is 545 Å². The number of allylic oxidation sites excluding steroid dienone is 6. The number of nitrogens with zero attached hydrogens (tertiary/aromatic N) is 5. The molecule has 4 fully saturated rings. The Balaban J connectivity index is 0.000000357. The first-order chi connectivity index (χ1) is 64.8. The Morgan fingerprint density at radius 1 is 0.674 bits per heavy atom. The summed E-state index contributed by atoms with van der Waals surface area (Å²) in [5.74, 6) is 4.96. The normalized spacial score (nSPS) is 27.4. The molecule has 7 heterocycles. The fourth-order valence-corrected chi connectivity index (χ4v) is 22.9. The number of hydrazine groups is 2. The van der Waals surface area contributed by atoms with Crippen molar-refractivity contribution in [2.24, 2.45) is 23.5 Å². The van der Waals surface area contributed by atoms with Crippen molar-refractivity contribution >= 4 is 170 Å². The van der Waals surface area contributed by atoms with E-state index >= 15 is 0 Å². The minimum absolute atomic E-state index is 0.0185. The van der Waals surface area contributed by atoms with Gasteiger partial charge >= 0.3 is 24.1 Å². The van der Waals surface area contributed by atoms with Crippen LogP contribution in [0, 0.1) is 11.8 Å². The average molecular weight is 2110 g/mol. The van der Waals surface area contributed by atoms with Crippen LogP contribution in [0.2, 0.25) is 10.0 Å². The number of pyridine rings is 1. The van der Waals surface area contributed by atoms with Crippen LogP contribution < -0.4 is 52.4 Å². The Morgan fingerprint density at radius 3 is 1.42 bits per heavy atom. The number of aromatic nitrogens is 1. The van der Waals surface area contributed by atoms with E-state index in [1.807, 2.05) is 65.8 Å². The van der Waals surface area contributed by atoms with Gasteiger partial charge in [0.15, 0.2) is 21.9 Å². The molecule has 18 atom stereocenters. The van der Waals surface area contributed by atoms with Gasteiger partial charge in [-0.15, -0.1) is 0 Å². The number of amides is 8. The molecule has 8 amide bonds. The summed E-state index contributed by atoms with van der Waals surface area (Å²) in [6.07, 6.45) is 3.78. The van der Waals surface area contributed by atoms with Crippen LogP contribution in [0.5, 0.6) is 11.5 Å². The Morgan fingerprint density at radius 2 is 1.07 bits per heavy atom. The Bertz CT molecular complexity index is 5190. The van der Waals surface area contributed by atoms with Crippen LogP contribution in [-0.4, -0.2) is 282 Å². The van der Waals surface area contributed by atoms with E-state index in [1.165, 1.54) is 120 Å². The number of hydrogen-bond donors (Lipinski definition) is 11. The Hall–Kier alpha value is -7.72. The predicted octanol–water partition coefficient (Wildman–Crippen LogP) is 10.2. The third-order valence-electron chi connectivity index (χ3n) is 24.5. The van der Waals surface area contributed by atoms with Gasteiger partial charge in [-0.05, 0) is 152 Å². The molecular formula is C90H133Cl2N11O28S7. The van der Waals surface area contributed by atoms with Gasteiger partial charge in [-0.1, -0.05) is 144 Å². The third kappa shape index (κ3) is 32.4. The van der Waals surface area contributed by atoms with E-state index in [0.717, 1.165) is 27.3 Å². The second kappa shape index (κ2) is 51.0. The zero-order chi connectivity index (χ0) is 105. The van der Waals surface area contributed by atoms with Crippen molar-refractivity contribution in [3.8, 4) is 11.5 Å². The quantitative estimate of drug-likeness (QED) is 0.00282. The maximum Gasteiger partial charge on any atom is 0.409 e. The van der Waals surface area contributed by atoms with Crippen LogP contribution in [0.1, 0.15) is 167 Å². The number of nitrogens with one attached hydrogen (secondary N) is 4. The fourth-order valence-electron chi connectivity index (χ4n) is 15.7. The lowest BCUT2D eigenvalue weighted by Crippen LogP contribution is -2.63. The summed E-state index contributed by atoms with van der Waals surface area (Å²) in [5.41, 5.74) is 1.37. The highest BCUT2D eigenvalue weighted by molar-refractivity contribution is 8.77. The number of thiol groups is 1. The van der Waals surface area contributed by atoms with E-state index in [-0.39, 0.29) is 83.7 Å². The van der Waals surface area contributed by atoms with E-state index in [2.05, 4.69) is 28.2 Å². The van der Waals surface area contributed by atoms with Crippen molar-refractivity contribution < 1.29 is 133 Å². The zero-order valence-corrected chi connectivity index (χ0v) is 88.5. The summed E-state index contributed by atoms with van der Waals surface area (Å²) >= 11 is 18.0. The van der Waals surface area contributed by atoms with Gasteiger partial charge in [0, 0.05) is 108 Å². The number of halogens is 2. The summed E-state index contributed by atoms with van der Waals surface area (Å²) in [4.78, 5) is 141. The number of fused-ring (bicyclic) bond motifs is 10. The van der Waals surface area contributed by atoms with Gasteiger partial charge < -0.3 is 77.2 Å². The van der Waals surface area contributed by atoms with Crippen LogP contribution in [0.15, 0.2) is 101 Å². The summed E-state index contributed by atoms with van der Waals surface area (Å²) in [6, 6.07) is 10.4. The summed E-state index contributed by atoms with van der Waals surface area (Å²) in [5, 5.41) is 26.5. The van der Waals surface area contributed by atoms with E-state index in [9.17, 15) is 79.5 Å². The van der Waals surface area contributed by atoms with Crippen LogP contribution >= 0.6 is 79.0 Å². The number of anilines is 2. The molecule has 3 aromatic rings. The Labute approximate surface area is 840 Å². The molecule has 18 unspecified atom stereocenters. The molecular weight excluding hydrogens is 1980 g/mol. The van der Waals surface area contributed by atoms with Gasteiger partial charge in [0.2, 0.25) is 23.6 Å². The number of hydrogen-bond acceptors (Lipinski definition) is 34. The maximum absolute atomic E-state index is 14.3. The monoisotopic (exact) mass is 2110 g/mol. The van der Waals surface area contributed by atoms with Gasteiger partial charge in [-0.25, -0.2) is 35.8 Å². The molecule has 4 saturated heterocycles. The summed E-state index contributed by atoms with van der Waals surface area (Å²) in [7, 11) is 9.34. The molecule has 0 saturated carbocycles. The second-order valence-corrected chi connectivity index (χ2v) is 46.7. The minimum atomic E-state index is -4.67. The molecule has 0 spiro atoms. The number of epoxide rings is 2. The molecule has 138 heavy (non-hydrogen) atoms. The first kappa shape index (κ1) is 117. The average Bonchev–Trinajstić information content (AvgIpc) is 1.57. The highest BCUT2D eigenvalue weighted by atomic mass is 35.5. The minimum Gasteiger partial charge on any atom is -0.495 e. The van der Waals surface area contributed by atoms with Gasteiger partial charge in [-0.2, -0.15) is 29.5 Å². The highest BCUT2D eigenvalue weighted by Crippen LogP contribution is 2.52. The number of likely N-dealkylation sites (N-methyl/N-ethyl adjacent to an activating group) is 2. The van der Waals surface area contributed by atoms with Crippen LogP contribution in [-0.2, 0) is 109 Å². The van der Waals surface area contributed by atoms with Gasteiger partial charge in [0.1, 0.15) is 86.5 Å². The first-order valence-corrected chi connectivity index (χ1v) is 52.5. The number of benzene rings is 2.